The summed E-state index contributed by atoms with van der Waals surface area (Å²) in [5, 5.41) is 0. The second-order valence-corrected chi connectivity index (χ2v) is 7.55. The average molecular weight is 281 g/mol. The second kappa shape index (κ2) is 7.24. The summed E-state index contributed by atoms with van der Waals surface area (Å²) in [6.45, 7) is 20.8. The van der Waals surface area contributed by atoms with Crippen molar-refractivity contribution in [3.8, 4) is 0 Å². The van der Waals surface area contributed by atoms with Crippen LogP contribution in [0.3, 0.4) is 0 Å². The van der Waals surface area contributed by atoms with E-state index in [9.17, 15) is 0 Å². The first kappa shape index (κ1) is 16.3. The van der Waals surface area contributed by atoms with Crippen LogP contribution in [0.5, 0.6) is 0 Å². The fourth-order valence-electron chi connectivity index (χ4n) is 3.76. The molecule has 118 valence electrons. The fourth-order valence-corrected chi connectivity index (χ4v) is 3.76. The molecule has 2 rings (SSSR count). The Morgan fingerprint density at radius 1 is 0.850 bits per heavy atom. The third-order valence-corrected chi connectivity index (χ3v) is 5.47. The summed E-state index contributed by atoms with van der Waals surface area (Å²) in [6.07, 6.45) is 1.39. The maximum atomic E-state index is 2.71. The molecule has 20 heavy (non-hydrogen) atoms. The zero-order chi connectivity index (χ0) is 14.7. The van der Waals surface area contributed by atoms with Crippen molar-refractivity contribution in [1.29, 1.82) is 0 Å². The third-order valence-electron chi connectivity index (χ3n) is 5.47. The second-order valence-electron chi connectivity index (χ2n) is 7.55. The minimum atomic E-state index is 0.713. The lowest BCUT2D eigenvalue weighted by atomic mass is 9.85. The van der Waals surface area contributed by atoms with E-state index in [4.69, 9.17) is 0 Å². The van der Waals surface area contributed by atoms with Crippen LogP contribution in [0.25, 0.3) is 0 Å². The van der Waals surface area contributed by atoms with Gasteiger partial charge in [0.05, 0.1) is 0 Å². The van der Waals surface area contributed by atoms with Gasteiger partial charge in [-0.2, -0.15) is 0 Å². The number of rotatable bonds is 4. The maximum Gasteiger partial charge on any atom is 0.0113 e. The van der Waals surface area contributed by atoms with E-state index in [-0.39, 0.29) is 0 Å². The SMILES string of the molecule is CC1CN(C(C)C)CCC1CN1CCN(C(C)C)CC1. The predicted molar refractivity (Wildman–Crippen MR) is 87.1 cm³/mol. The molecule has 3 heteroatoms. The monoisotopic (exact) mass is 281 g/mol. The smallest absolute Gasteiger partial charge is 0.0113 e. The molecule has 0 bridgehead atoms. The number of piperidine rings is 1. The lowest BCUT2D eigenvalue weighted by Crippen LogP contribution is -2.52. The molecule has 2 unspecified atom stereocenters. The Bertz CT molecular complexity index is 282. The number of likely N-dealkylation sites (tertiary alicyclic amines) is 1. The molecule has 0 radical (unpaired) electrons. The van der Waals surface area contributed by atoms with Crippen molar-refractivity contribution in [2.24, 2.45) is 11.8 Å². The van der Waals surface area contributed by atoms with Crippen LogP contribution in [-0.4, -0.2) is 72.6 Å². The first-order valence-electron chi connectivity index (χ1n) is 8.67. The van der Waals surface area contributed by atoms with Gasteiger partial charge in [0.15, 0.2) is 0 Å². The summed E-state index contributed by atoms with van der Waals surface area (Å²) < 4.78 is 0. The fraction of sp³-hybridized carbons (Fsp3) is 1.00. The Labute approximate surface area is 126 Å². The molecule has 2 heterocycles. The minimum absolute atomic E-state index is 0.713. The Hall–Kier alpha value is -0.120. The standard InChI is InChI=1S/C17H35N3/c1-14(2)19-10-8-18(9-11-19)13-17-6-7-20(15(3)4)12-16(17)5/h14-17H,6-13H2,1-5H3. The summed E-state index contributed by atoms with van der Waals surface area (Å²) in [7, 11) is 0. The van der Waals surface area contributed by atoms with Crippen LogP contribution in [0.1, 0.15) is 41.0 Å². The zero-order valence-electron chi connectivity index (χ0n) is 14.3. The van der Waals surface area contributed by atoms with E-state index in [2.05, 4.69) is 49.3 Å². The van der Waals surface area contributed by atoms with E-state index in [1.807, 2.05) is 0 Å². The van der Waals surface area contributed by atoms with Gasteiger partial charge in [-0.1, -0.05) is 6.92 Å². The highest BCUT2D eigenvalue weighted by atomic mass is 15.3. The topological polar surface area (TPSA) is 9.72 Å². The average Bonchev–Trinajstić information content (AvgIpc) is 2.41. The number of hydrogen-bond donors (Lipinski definition) is 0. The van der Waals surface area contributed by atoms with E-state index in [0.717, 1.165) is 11.8 Å². The van der Waals surface area contributed by atoms with E-state index < -0.39 is 0 Å². The van der Waals surface area contributed by atoms with Crippen LogP contribution >= 0.6 is 0 Å². The molecule has 0 spiro atoms. The van der Waals surface area contributed by atoms with Gasteiger partial charge in [-0.25, -0.2) is 0 Å². The van der Waals surface area contributed by atoms with Gasteiger partial charge >= 0.3 is 0 Å². The van der Waals surface area contributed by atoms with E-state index in [0.29, 0.717) is 12.1 Å². The van der Waals surface area contributed by atoms with Crippen LogP contribution in [0.15, 0.2) is 0 Å². The first-order chi connectivity index (χ1) is 9.47. The van der Waals surface area contributed by atoms with Crippen LogP contribution in [-0.2, 0) is 0 Å². The van der Waals surface area contributed by atoms with E-state index in [1.54, 1.807) is 0 Å². The number of piperazine rings is 1. The zero-order valence-corrected chi connectivity index (χ0v) is 14.3. The van der Waals surface area contributed by atoms with Gasteiger partial charge in [-0.15, -0.1) is 0 Å². The van der Waals surface area contributed by atoms with Crippen molar-refractivity contribution in [2.45, 2.75) is 53.1 Å². The highest BCUT2D eigenvalue weighted by Crippen LogP contribution is 2.25. The van der Waals surface area contributed by atoms with Gasteiger partial charge in [0, 0.05) is 51.4 Å². The largest absolute Gasteiger partial charge is 0.301 e. The molecule has 0 aromatic rings. The molecule has 2 aliphatic rings. The van der Waals surface area contributed by atoms with Crippen molar-refractivity contribution < 1.29 is 0 Å². The molecule has 0 amide bonds. The Morgan fingerprint density at radius 3 is 1.95 bits per heavy atom. The molecule has 2 saturated heterocycles. The van der Waals surface area contributed by atoms with Gasteiger partial charge in [-0.3, -0.25) is 4.90 Å². The molecule has 0 N–H and O–H groups in total. The van der Waals surface area contributed by atoms with Gasteiger partial charge in [0.25, 0.3) is 0 Å². The number of hydrogen-bond acceptors (Lipinski definition) is 3. The highest BCUT2D eigenvalue weighted by molar-refractivity contribution is 4.83. The lowest BCUT2D eigenvalue weighted by molar-refractivity contribution is 0.0518. The Morgan fingerprint density at radius 2 is 1.45 bits per heavy atom. The molecule has 2 aliphatic heterocycles. The van der Waals surface area contributed by atoms with Gasteiger partial charge in [-0.05, 0) is 52.5 Å². The molecule has 0 saturated carbocycles. The van der Waals surface area contributed by atoms with Crippen LogP contribution in [0.2, 0.25) is 0 Å². The third kappa shape index (κ3) is 4.19. The van der Waals surface area contributed by atoms with Crippen molar-refractivity contribution in [3.63, 3.8) is 0 Å². The van der Waals surface area contributed by atoms with Crippen molar-refractivity contribution in [1.82, 2.24) is 14.7 Å². The minimum Gasteiger partial charge on any atom is -0.301 e. The lowest BCUT2D eigenvalue weighted by Gasteiger charge is -2.43. The number of nitrogens with zero attached hydrogens (tertiary/aromatic N) is 3. The van der Waals surface area contributed by atoms with Crippen molar-refractivity contribution >= 4 is 0 Å². The molecule has 3 nitrogen and oxygen atoms in total. The van der Waals surface area contributed by atoms with Crippen LogP contribution in [0.4, 0.5) is 0 Å². The molecule has 2 atom stereocenters. The van der Waals surface area contributed by atoms with Gasteiger partial charge in [0.2, 0.25) is 0 Å². The molecule has 0 aliphatic carbocycles. The molecule has 0 aromatic heterocycles. The van der Waals surface area contributed by atoms with Crippen LogP contribution < -0.4 is 0 Å². The Balaban J connectivity index is 1.75. The summed E-state index contributed by atoms with van der Waals surface area (Å²) in [6, 6.07) is 1.43. The molecule has 0 aromatic carbocycles. The predicted octanol–water partition coefficient (Wildman–Crippen LogP) is 2.38. The molecular weight excluding hydrogens is 246 g/mol. The van der Waals surface area contributed by atoms with E-state index >= 15 is 0 Å². The molecule has 2 fully saturated rings. The van der Waals surface area contributed by atoms with E-state index in [1.165, 1.54) is 52.2 Å². The summed E-state index contributed by atoms with van der Waals surface area (Å²) >= 11 is 0. The quantitative estimate of drug-likeness (QED) is 0.783. The van der Waals surface area contributed by atoms with Crippen molar-refractivity contribution in [2.75, 3.05) is 45.8 Å². The first-order valence-corrected chi connectivity index (χ1v) is 8.67. The maximum absolute atomic E-state index is 2.71. The Kier molecular flexibility index (Phi) is 5.88. The summed E-state index contributed by atoms with van der Waals surface area (Å²) in [4.78, 5) is 7.98. The van der Waals surface area contributed by atoms with Crippen molar-refractivity contribution in [3.05, 3.63) is 0 Å². The summed E-state index contributed by atoms with van der Waals surface area (Å²) in [5.41, 5.74) is 0. The van der Waals surface area contributed by atoms with Gasteiger partial charge in [0.1, 0.15) is 0 Å². The van der Waals surface area contributed by atoms with Crippen LogP contribution in [0, 0.1) is 11.8 Å². The highest BCUT2D eigenvalue weighted by Gasteiger charge is 2.29. The summed E-state index contributed by atoms with van der Waals surface area (Å²) in [5.74, 6) is 1.77. The normalized spacial score (nSPS) is 31.4. The van der Waals surface area contributed by atoms with Gasteiger partial charge < -0.3 is 9.80 Å². The molecular formula is C17H35N3.